The van der Waals surface area contributed by atoms with Crippen LogP contribution in [0.3, 0.4) is 0 Å². The van der Waals surface area contributed by atoms with Crippen LogP contribution >= 0.6 is 0 Å². The number of aryl methyl sites for hydroxylation is 1. The molecule has 6 nitrogen and oxygen atoms in total. The Morgan fingerprint density at radius 1 is 0.868 bits per heavy atom. The summed E-state index contributed by atoms with van der Waals surface area (Å²) in [6, 6.07) is 31.4. The lowest BCUT2D eigenvalue weighted by molar-refractivity contribution is 0.0400. The lowest BCUT2D eigenvalue weighted by Crippen LogP contribution is -2.50. The number of rotatable bonds is 10. The Hall–Kier alpha value is -3.71. The van der Waals surface area contributed by atoms with Crippen molar-refractivity contribution < 1.29 is 14.4 Å². The Balaban J connectivity index is 1.14. The molecule has 3 aromatic carbocycles. The Kier molecular flexibility index (Phi) is 8.66. The first kappa shape index (κ1) is 25.9. The summed E-state index contributed by atoms with van der Waals surface area (Å²) in [6.07, 6.45) is 3.24. The van der Waals surface area contributed by atoms with Gasteiger partial charge in [-0.2, -0.15) is 0 Å². The zero-order valence-electron chi connectivity index (χ0n) is 21.8. The molecule has 6 heteroatoms. The molecule has 1 N–H and O–H groups in total. The van der Waals surface area contributed by atoms with Gasteiger partial charge in [0.15, 0.2) is 5.76 Å². The summed E-state index contributed by atoms with van der Waals surface area (Å²) in [6.45, 7) is 6.41. The van der Waals surface area contributed by atoms with E-state index in [4.69, 9.17) is 9.26 Å². The maximum atomic E-state index is 10.8. The van der Waals surface area contributed by atoms with Crippen LogP contribution in [0, 0.1) is 6.92 Å². The topological polar surface area (TPSA) is 62.0 Å². The highest BCUT2D eigenvalue weighted by atomic mass is 16.5. The molecular formula is C32H35N3O3. The zero-order chi connectivity index (χ0) is 26.2. The summed E-state index contributed by atoms with van der Waals surface area (Å²) in [4.78, 5) is 4.87. The number of hydrogen-bond donors (Lipinski definition) is 1. The molecule has 2 heterocycles. The molecule has 1 atom stereocenters. The molecule has 1 fully saturated rings. The van der Waals surface area contributed by atoms with Gasteiger partial charge < -0.3 is 14.4 Å². The van der Waals surface area contributed by atoms with Crippen molar-refractivity contribution in [2.75, 3.05) is 39.3 Å². The summed E-state index contributed by atoms with van der Waals surface area (Å²) < 4.78 is 11.3. The van der Waals surface area contributed by atoms with Gasteiger partial charge in [0, 0.05) is 44.4 Å². The van der Waals surface area contributed by atoms with Crippen molar-refractivity contribution in [1.82, 2.24) is 15.0 Å². The van der Waals surface area contributed by atoms with Gasteiger partial charge in [-0.25, -0.2) is 0 Å². The molecule has 1 unspecified atom stereocenters. The standard InChI is InChI=1S/C32H35N3O3/c1-25-22-30(38-33-25)17-16-26-10-8-9-15-31(26)37-24-29(36)23-34-18-20-35(21-19-34)32(27-11-4-2-5-12-27)28-13-6-3-7-14-28/h2-17,22,29,32,36H,18-21,23-24H2,1H3/b17-16+. The molecule has 0 saturated carbocycles. The first-order chi connectivity index (χ1) is 18.7. The highest BCUT2D eigenvalue weighted by Gasteiger charge is 2.27. The van der Waals surface area contributed by atoms with Gasteiger partial charge in [-0.05, 0) is 36.3 Å². The minimum Gasteiger partial charge on any atom is -0.490 e. The van der Waals surface area contributed by atoms with Crippen LogP contribution in [0.1, 0.15) is 34.2 Å². The number of hydrogen-bond acceptors (Lipinski definition) is 6. The minimum absolute atomic E-state index is 0.234. The van der Waals surface area contributed by atoms with Gasteiger partial charge in [0.1, 0.15) is 18.5 Å². The van der Waals surface area contributed by atoms with E-state index in [-0.39, 0.29) is 12.6 Å². The van der Waals surface area contributed by atoms with Crippen molar-refractivity contribution in [2.24, 2.45) is 0 Å². The van der Waals surface area contributed by atoms with Gasteiger partial charge in [-0.15, -0.1) is 0 Å². The van der Waals surface area contributed by atoms with Gasteiger partial charge in [-0.1, -0.05) is 84.0 Å². The van der Waals surface area contributed by atoms with E-state index in [9.17, 15) is 5.11 Å². The van der Waals surface area contributed by atoms with E-state index in [1.807, 2.05) is 49.4 Å². The number of piperazine rings is 1. The van der Waals surface area contributed by atoms with Gasteiger partial charge in [0.05, 0.1) is 11.7 Å². The monoisotopic (exact) mass is 509 g/mol. The largest absolute Gasteiger partial charge is 0.490 e. The molecule has 0 amide bonds. The van der Waals surface area contributed by atoms with Crippen LogP contribution in [0.4, 0.5) is 0 Å². The lowest BCUT2D eigenvalue weighted by atomic mass is 9.96. The van der Waals surface area contributed by atoms with Crippen molar-refractivity contribution in [3.8, 4) is 5.75 Å². The Bertz CT molecular complexity index is 1260. The van der Waals surface area contributed by atoms with Crippen LogP contribution in [0.25, 0.3) is 12.2 Å². The fraction of sp³-hybridized carbons (Fsp3) is 0.281. The van der Waals surface area contributed by atoms with Crippen LogP contribution in [-0.2, 0) is 0 Å². The van der Waals surface area contributed by atoms with Crippen molar-refractivity contribution in [1.29, 1.82) is 0 Å². The SMILES string of the molecule is Cc1cc(/C=C/c2ccccc2OCC(O)CN2CCN(C(c3ccccc3)c3ccccc3)CC2)on1. The van der Waals surface area contributed by atoms with Gasteiger partial charge in [0.2, 0.25) is 0 Å². The molecule has 196 valence electrons. The fourth-order valence-corrected chi connectivity index (χ4v) is 5.01. The molecule has 5 rings (SSSR count). The first-order valence-corrected chi connectivity index (χ1v) is 13.2. The average molecular weight is 510 g/mol. The highest BCUT2D eigenvalue weighted by Crippen LogP contribution is 2.29. The zero-order valence-corrected chi connectivity index (χ0v) is 21.8. The molecule has 0 radical (unpaired) electrons. The maximum Gasteiger partial charge on any atom is 0.159 e. The predicted octanol–water partition coefficient (Wildman–Crippen LogP) is 5.30. The summed E-state index contributed by atoms with van der Waals surface area (Å²) in [7, 11) is 0. The molecule has 1 aromatic heterocycles. The van der Waals surface area contributed by atoms with E-state index in [2.05, 4.69) is 75.6 Å². The third-order valence-electron chi connectivity index (χ3n) is 6.90. The molecule has 38 heavy (non-hydrogen) atoms. The predicted molar refractivity (Wildman–Crippen MR) is 151 cm³/mol. The Morgan fingerprint density at radius 2 is 1.50 bits per heavy atom. The second-order valence-electron chi connectivity index (χ2n) is 9.77. The Labute approximate surface area is 224 Å². The second kappa shape index (κ2) is 12.7. The third-order valence-corrected chi connectivity index (χ3v) is 6.90. The normalized spacial score (nSPS) is 15.8. The number of benzene rings is 3. The van der Waals surface area contributed by atoms with E-state index >= 15 is 0 Å². The smallest absolute Gasteiger partial charge is 0.159 e. The van der Waals surface area contributed by atoms with Gasteiger partial charge in [0.25, 0.3) is 0 Å². The number of aliphatic hydroxyl groups is 1. The lowest BCUT2D eigenvalue weighted by Gasteiger charge is -2.40. The van der Waals surface area contributed by atoms with Crippen molar-refractivity contribution in [2.45, 2.75) is 19.1 Å². The van der Waals surface area contributed by atoms with Gasteiger partial charge in [-0.3, -0.25) is 9.80 Å². The minimum atomic E-state index is -0.574. The molecule has 1 aliphatic heterocycles. The summed E-state index contributed by atoms with van der Waals surface area (Å²) in [5, 5.41) is 14.7. The van der Waals surface area contributed by atoms with E-state index in [1.165, 1.54) is 11.1 Å². The van der Waals surface area contributed by atoms with E-state index in [1.54, 1.807) is 0 Å². The molecule has 4 aromatic rings. The van der Waals surface area contributed by atoms with Crippen molar-refractivity contribution in [3.05, 3.63) is 119 Å². The molecule has 1 saturated heterocycles. The quantitative estimate of drug-likeness (QED) is 0.313. The molecule has 0 aliphatic carbocycles. The summed E-state index contributed by atoms with van der Waals surface area (Å²) >= 11 is 0. The molecule has 1 aliphatic rings. The Morgan fingerprint density at radius 3 is 2.13 bits per heavy atom. The second-order valence-corrected chi connectivity index (χ2v) is 9.77. The summed E-state index contributed by atoms with van der Waals surface area (Å²) in [5.41, 5.74) is 4.39. The van der Waals surface area contributed by atoms with Crippen molar-refractivity contribution >= 4 is 12.2 Å². The highest BCUT2D eigenvalue weighted by molar-refractivity contribution is 5.70. The van der Waals surface area contributed by atoms with Crippen LogP contribution < -0.4 is 4.74 Å². The fourth-order valence-electron chi connectivity index (χ4n) is 5.01. The van der Waals surface area contributed by atoms with E-state index in [0.717, 1.165) is 43.2 Å². The van der Waals surface area contributed by atoms with Gasteiger partial charge >= 0.3 is 0 Å². The van der Waals surface area contributed by atoms with Crippen LogP contribution in [0.5, 0.6) is 5.75 Å². The van der Waals surface area contributed by atoms with Crippen LogP contribution in [0.15, 0.2) is 95.5 Å². The van der Waals surface area contributed by atoms with E-state index in [0.29, 0.717) is 12.3 Å². The number of nitrogens with zero attached hydrogens (tertiary/aromatic N) is 3. The van der Waals surface area contributed by atoms with Crippen molar-refractivity contribution in [3.63, 3.8) is 0 Å². The van der Waals surface area contributed by atoms with Crippen LogP contribution in [0.2, 0.25) is 0 Å². The number of para-hydroxylation sites is 1. The number of aliphatic hydroxyl groups excluding tert-OH is 1. The molecule has 0 spiro atoms. The number of aromatic nitrogens is 1. The number of ether oxygens (including phenoxy) is 1. The first-order valence-electron chi connectivity index (χ1n) is 13.2. The molecular weight excluding hydrogens is 474 g/mol. The third kappa shape index (κ3) is 6.78. The number of β-amino-alcohol motifs (C(OH)–C–C–N with tert-alkyl or cyclic N) is 1. The molecule has 0 bridgehead atoms. The maximum absolute atomic E-state index is 10.8. The van der Waals surface area contributed by atoms with Crippen LogP contribution in [-0.4, -0.2) is 65.5 Å². The summed E-state index contributed by atoms with van der Waals surface area (Å²) in [5.74, 6) is 1.43. The van der Waals surface area contributed by atoms with E-state index < -0.39 is 6.10 Å². The average Bonchev–Trinajstić information content (AvgIpc) is 3.38.